The topological polar surface area (TPSA) is 38.8 Å². The summed E-state index contributed by atoms with van der Waals surface area (Å²) in [5.41, 5.74) is 0. The third-order valence-corrected chi connectivity index (χ3v) is 4.57. The van der Waals surface area contributed by atoms with Gasteiger partial charge in [-0.15, -0.1) is 11.3 Å². The van der Waals surface area contributed by atoms with Crippen LogP contribution in [0.1, 0.15) is 4.88 Å². The molecule has 0 amide bonds. The molecule has 0 aliphatic carbocycles. The van der Waals surface area contributed by atoms with Crippen molar-refractivity contribution in [3.63, 3.8) is 0 Å². The Morgan fingerprint density at radius 1 is 1.50 bits per heavy atom. The van der Waals surface area contributed by atoms with E-state index in [-0.39, 0.29) is 5.97 Å². The third-order valence-electron chi connectivity index (χ3n) is 3.47. The minimum Gasteiger partial charge on any atom is -0.467 e. The summed E-state index contributed by atoms with van der Waals surface area (Å²) in [7, 11) is 1.40. The molecule has 106 valence electrons. The Hall–Kier alpha value is -1.43. The lowest BCUT2D eigenvalue weighted by molar-refractivity contribution is -0.159. The molecule has 0 unspecified atom stereocenters. The minimum atomic E-state index is -0.455. The molecular formula is C15H17NO3S. The van der Waals surface area contributed by atoms with Gasteiger partial charge in [-0.05, 0) is 17.5 Å². The molecule has 2 heterocycles. The molecule has 1 aliphatic heterocycles. The fourth-order valence-electron chi connectivity index (χ4n) is 2.46. The predicted molar refractivity (Wildman–Crippen MR) is 78.9 cm³/mol. The van der Waals surface area contributed by atoms with Crippen molar-refractivity contribution in [1.29, 1.82) is 0 Å². The number of hydrogen-bond acceptors (Lipinski definition) is 5. The van der Waals surface area contributed by atoms with Crippen LogP contribution in [0.15, 0.2) is 30.3 Å². The fraction of sp³-hybridized carbons (Fsp3) is 0.400. The van der Waals surface area contributed by atoms with Crippen LogP contribution in [0.4, 0.5) is 0 Å². The van der Waals surface area contributed by atoms with Crippen LogP contribution in [0.5, 0.6) is 0 Å². The first-order chi connectivity index (χ1) is 9.76. The number of fused-ring (bicyclic) bond motifs is 1. The highest BCUT2D eigenvalue weighted by Crippen LogP contribution is 2.26. The van der Waals surface area contributed by atoms with Crippen LogP contribution in [0, 0.1) is 0 Å². The van der Waals surface area contributed by atoms with Gasteiger partial charge in [0.05, 0.1) is 13.7 Å². The van der Waals surface area contributed by atoms with E-state index in [1.54, 1.807) is 0 Å². The lowest BCUT2D eigenvalue weighted by Crippen LogP contribution is -2.45. The Morgan fingerprint density at radius 3 is 3.15 bits per heavy atom. The van der Waals surface area contributed by atoms with E-state index in [0.29, 0.717) is 13.2 Å². The van der Waals surface area contributed by atoms with Crippen LogP contribution < -0.4 is 0 Å². The molecule has 0 radical (unpaired) electrons. The summed E-state index contributed by atoms with van der Waals surface area (Å²) in [6.45, 7) is 2.88. The van der Waals surface area contributed by atoms with Crippen LogP contribution in [-0.4, -0.2) is 43.8 Å². The smallest absolute Gasteiger partial charge is 0.336 e. The number of methoxy groups -OCH3 is 1. The van der Waals surface area contributed by atoms with Gasteiger partial charge in [0.25, 0.3) is 0 Å². The van der Waals surface area contributed by atoms with Gasteiger partial charge in [-0.2, -0.15) is 0 Å². The molecule has 5 heteroatoms. The van der Waals surface area contributed by atoms with Gasteiger partial charge in [0.15, 0.2) is 6.10 Å². The van der Waals surface area contributed by atoms with Gasteiger partial charge in [0.1, 0.15) is 0 Å². The molecule has 1 aromatic carbocycles. The molecule has 0 bridgehead atoms. The maximum atomic E-state index is 11.5. The molecular weight excluding hydrogens is 274 g/mol. The number of nitrogens with zero attached hydrogens (tertiary/aromatic N) is 1. The second-order valence-electron chi connectivity index (χ2n) is 4.87. The summed E-state index contributed by atoms with van der Waals surface area (Å²) in [4.78, 5) is 15.1. The molecule has 2 aromatic rings. The third kappa shape index (κ3) is 2.85. The number of rotatable bonds is 3. The Kier molecular flexibility index (Phi) is 4.00. The minimum absolute atomic E-state index is 0.286. The van der Waals surface area contributed by atoms with E-state index >= 15 is 0 Å². The van der Waals surface area contributed by atoms with E-state index in [2.05, 4.69) is 35.2 Å². The molecule has 1 aliphatic rings. The summed E-state index contributed by atoms with van der Waals surface area (Å²) in [6, 6.07) is 10.6. The van der Waals surface area contributed by atoms with Crippen molar-refractivity contribution in [3.8, 4) is 0 Å². The molecule has 4 nitrogen and oxygen atoms in total. The molecule has 20 heavy (non-hydrogen) atoms. The number of morpholine rings is 1. The lowest BCUT2D eigenvalue weighted by Gasteiger charge is -2.30. The molecule has 1 atom stereocenters. The number of esters is 1. The van der Waals surface area contributed by atoms with E-state index in [1.165, 1.54) is 22.1 Å². The van der Waals surface area contributed by atoms with Crippen molar-refractivity contribution in [2.24, 2.45) is 0 Å². The molecule has 3 rings (SSSR count). The summed E-state index contributed by atoms with van der Waals surface area (Å²) in [6.07, 6.45) is -0.455. The first kappa shape index (κ1) is 13.5. The summed E-state index contributed by atoms with van der Waals surface area (Å²) < 4.78 is 11.5. The number of carbonyl (C=O) groups excluding carboxylic acids is 1. The monoisotopic (exact) mass is 291 g/mol. The van der Waals surface area contributed by atoms with E-state index in [0.717, 1.165) is 13.1 Å². The van der Waals surface area contributed by atoms with Crippen LogP contribution in [0.3, 0.4) is 0 Å². The highest BCUT2D eigenvalue weighted by Gasteiger charge is 2.27. The van der Waals surface area contributed by atoms with Crippen LogP contribution in [0.25, 0.3) is 10.1 Å². The van der Waals surface area contributed by atoms with Crippen molar-refractivity contribution in [2.45, 2.75) is 12.6 Å². The van der Waals surface area contributed by atoms with E-state index in [9.17, 15) is 4.79 Å². The zero-order valence-corrected chi connectivity index (χ0v) is 12.2. The first-order valence-corrected chi connectivity index (χ1v) is 7.47. The number of hydrogen-bond donors (Lipinski definition) is 0. The molecule has 0 spiro atoms. The Morgan fingerprint density at radius 2 is 2.35 bits per heavy atom. The fourth-order valence-corrected chi connectivity index (χ4v) is 3.56. The first-order valence-electron chi connectivity index (χ1n) is 6.65. The zero-order chi connectivity index (χ0) is 13.9. The lowest BCUT2D eigenvalue weighted by atomic mass is 10.2. The average Bonchev–Trinajstić information content (AvgIpc) is 2.88. The van der Waals surface area contributed by atoms with Crippen LogP contribution >= 0.6 is 11.3 Å². The van der Waals surface area contributed by atoms with Gasteiger partial charge in [-0.1, -0.05) is 18.2 Å². The van der Waals surface area contributed by atoms with Crippen molar-refractivity contribution in [2.75, 3.05) is 26.8 Å². The van der Waals surface area contributed by atoms with Crippen molar-refractivity contribution in [3.05, 3.63) is 35.2 Å². The number of thiophene rings is 1. The Labute approximate surface area is 121 Å². The zero-order valence-electron chi connectivity index (χ0n) is 11.4. The maximum absolute atomic E-state index is 11.5. The molecule has 1 aromatic heterocycles. The van der Waals surface area contributed by atoms with Crippen LogP contribution in [0.2, 0.25) is 0 Å². The Bertz CT molecular complexity index is 577. The number of carbonyl (C=O) groups is 1. The van der Waals surface area contributed by atoms with Gasteiger partial charge in [-0.25, -0.2) is 4.79 Å². The van der Waals surface area contributed by atoms with Gasteiger partial charge in [-0.3, -0.25) is 4.90 Å². The molecule has 0 saturated carbocycles. The van der Waals surface area contributed by atoms with E-state index < -0.39 is 6.10 Å². The number of benzene rings is 1. The summed E-state index contributed by atoms with van der Waals surface area (Å²) in [5.74, 6) is -0.286. The summed E-state index contributed by atoms with van der Waals surface area (Å²) in [5, 5.41) is 1.28. The predicted octanol–water partition coefficient (Wildman–Crippen LogP) is 2.28. The molecule has 1 saturated heterocycles. The second kappa shape index (κ2) is 5.91. The standard InChI is InChI=1S/C15H17NO3S/c1-18-15(17)13-10-16(6-7-19-13)9-12-8-11-4-2-3-5-14(11)20-12/h2-5,8,13H,6-7,9-10H2,1H3/t13-/m0/s1. The van der Waals surface area contributed by atoms with Crippen molar-refractivity contribution in [1.82, 2.24) is 4.90 Å². The average molecular weight is 291 g/mol. The number of ether oxygens (including phenoxy) is 2. The highest BCUT2D eigenvalue weighted by atomic mass is 32.1. The van der Waals surface area contributed by atoms with Gasteiger partial charge in [0, 0.05) is 29.2 Å². The highest BCUT2D eigenvalue weighted by molar-refractivity contribution is 7.19. The van der Waals surface area contributed by atoms with E-state index in [1.807, 2.05) is 11.3 Å². The van der Waals surface area contributed by atoms with Gasteiger partial charge >= 0.3 is 5.97 Å². The maximum Gasteiger partial charge on any atom is 0.336 e. The van der Waals surface area contributed by atoms with Crippen molar-refractivity contribution < 1.29 is 14.3 Å². The van der Waals surface area contributed by atoms with Gasteiger partial charge < -0.3 is 9.47 Å². The largest absolute Gasteiger partial charge is 0.467 e. The summed E-state index contributed by atoms with van der Waals surface area (Å²) >= 11 is 1.81. The Balaban J connectivity index is 1.69. The SMILES string of the molecule is COC(=O)[C@@H]1CN(Cc2cc3ccccc3s2)CCO1. The molecule has 1 fully saturated rings. The normalized spacial score (nSPS) is 20.1. The molecule has 0 N–H and O–H groups in total. The second-order valence-corrected chi connectivity index (χ2v) is 6.04. The van der Waals surface area contributed by atoms with E-state index in [4.69, 9.17) is 9.47 Å². The van der Waals surface area contributed by atoms with Crippen LogP contribution in [-0.2, 0) is 20.8 Å². The quantitative estimate of drug-likeness (QED) is 0.813. The van der Waals surface area contributed by atoms with Gasteiger partial charge in [0.2, 0.25) is 0 Å². The van der Waals surface area contributed by atoms with Crippen molar-refractivity contribution >= 4 is 27.4 Å².